The summed E-state index contributed by atoms with van der Waals surface area (Å²) in [6, 6.07) is 7.81. The highest BCUT2D eigenvalue weighted by Gasteiger charge is 2.18. The van der Waals surface area contributed by atoms with Gasteiger partial charge in [-0.25, -0.2) is 14.4 Å². The molecule has 0 unspecified atom stereocenters. The lowest BCUT2D eigenvalue weighted by molar-refractivity contribution is 0.471. The third kappa shape index (κ3) is 1.74. The molecule has 0 amide bonds. The number of aromatic nitrogens is 3. The molecule has 0 aliphatic rings. The Morgan fingerprint density at radius 2 is 2.11 bits per heavy atom. The van der Waals surface area contributed by atoms with Gasteiger partial charge in [0.2, 0.25) is 0 Å². The summed E-state index contributed by atoms with van der Waals surface area (Å²) >= 11 is 0. The fraction of sp³-hybridized carbons (Fsp3) is 0.143. The SMILES string of the molecule is CCn1c(-c2c(O)cccc2F)nc2cccnc21. The van der Waals surface area contributed by atoms with E-state index in [0.29, 0.717) is 23.5 Å². The predicted octanol–water partition coefficient (Wildman–Crippen LogP) is 2.96. The van der Waals surface area contributed by atoms with Crippen molar-refractivity contribution >= 4 is 11.2 Å². The van der Waals surface area contributed by atoms with Crippen LogP contribution in [0, 0.1) is 5.82 Å². The number of hydrogen-bond acceptors (Lipinski definition) is 3. The maximum Gasteiger partial charge on any atom is 0.160 e. The monoisotopic (exact) mass is 257 g/mol. The number of hydrogen-bond donors (Lipinski definition) is 1. The Balaban J connectivity index is 2.37. The first-order valence-corrected chi connectivity index (χ1v) is 6.01. The minimum absolute atomic E-state index is 0.113. The van der Waals surface area contributed by atoms with Gasteiger partial charge in [-0.1, -0.05) is 6.07 Å². The zero-order chi connectivity index (χ0) is 13.4. The van der Waals surface area contributed by atoms with Gasteiger partial charge in [0.05, 0.1) is 5.56 Å². The molecule has 0 spiro atoms. The lowest BCUT2D eigenvalue weighted by Gasteiger charge is -2.08. The molecule has 0 bridgehead atoms. The standard InChI is InChI=1S/C14H12FN3O/c1-2-18-13-10(6-4-8-16-13)17-14(18)12-9(15)5-3-7-11(12)19/h3-8,19H,2H2,1H3. The van der Waals surface area contributed by atoms with Crippen LogP contribution in [0.25, 0.3) is 22.6 Å². The largest absolute Gasteiger partial charge is 0.507 e. The number of fused-ring (bicyclic) bond motifs is 1. The van der Waals surface area contributed by atoms with Gasteiger partial charge >= 0.3 is 0 Å². The number of halogens is 1. The molecular weight excluding hydrogens is 245 g/mol. The molecule has 5 heteroatoms. The number of benzene rings is 1. The molecule has 0 aliphatic carbocycles. The number of rotatable bonds is 2. The van der Waals surface area contributed by atoms with Crippen LogP contribution in [0.4, 0.5) is 4.39 Å². The van der Waals surface area contributed by atoms with Gasteiger partial charge in [0, 0.05) is 12.7 Å². The van der Waals surface area contributed by atoms with Crippen molar-refractivity contribution in [3.05, 3.63) is 42.3 Å². The molecule has 0 atom stereocenters. The third-order valence-electron chi connectivity index (χ3n) is 3.04. The van der Waals surface area contributed by atoms with Crippen LogP contribution in [0.1, 0.15) is 6.92 Å². The fourth-order valence-electron chi connectivity index (χ4n) is 2.18. The number of phenolic OH excluding ortho intramolecular Hbond substituents is 1. The van der Waals surface area contributed by atoms with E-state index in [-0.39, 0.29) is 11.3 Å². The van der Waals surface area contributed by atoms with Gasteiger partial charge in [-0.15, -0.1) is 0 Å². The van der Waals surface area contributed by atoms with Crippen LogP contribution in [-0.2, 0) is 6.54 Å². The van der Waals surface area contributed by atoms with Crippen LogP contribution in [0.2, 0.25) is 0 Å². The highest BCUT2D eigenvalue weighted by Crippen LogP contribution is 2.32. The maximum absolute atomic E-state index is 13.9. The van der Waals surface area contributed by atoms with Gasteiger partial charge in [0.25, 0.3) is 0 Å². The number of aryl methyl sites for hydroxylation is 1. The van der Waals surface area contributed by atoms with Crippen molar-refractivity contribution in [2.75, 3.05) is 0 Å². The number of aromatic hydroxyl groups is 1. The highest BCUT2D eigenvalue weighted by molar-refractivity contribution is 5.78. The first-order valence-electron chi connectivity index (χ1n) is 6.01. The summed E-state index contributed by atoms with van der Waals surface area (Å²) in [5.41, 5.74) is 1.48. The van der Waals surface area contributed by atoms with Crippen LogP contribution in [0.3, 0.4) is 0 Å². The molecule has 0 aliphatic heterocycles. The second kappa shape index (κ2) is 4.35. The van der Waals surface area contributed by atoms with Crippen LogP contribution in [-0.4, -0.2) is 19.6 Å². The molecule has 2 aromatic heterocycles. The number of imidazole rings is 1. The molecule has 3 aromatic rings. The summed E-state index contributed by atoms with van der Waals surface area (Å²) in [6.45, 7) is 2.52. The molecule has 0 saturated carbocycles. The van der Waals surface area contributed by atoms with E-state index in [9.17, 15) is 9.50 Å². The van der Waals surface area contributed by atoms with E-state index in [0.717, 1.165) is 0 Å². The average molecular weight is 257 g/mol. The normalized spacial score (nSPS) is 11.1. The zero-order valence-corrected chi connectivity index (χ0v) is 10.3. The van der Waals surface area contributed by atoms with Crippen molar-refractivity contribution < 1.29 is 9.50 Å². The maximum atomic E-state index is 13.9. The first-order chi connectivity index (χ1) is 9.22. The Morgan fingerprint density at radius 3 is 2.84 bits per heavy atom. The van der Waals surface area contributed by atoms with Crippen LogP contribution in [0.5, 0.6) is 5.75 Å². The number of phenols is 1. The van der Waals surface area contributed by atoms with Gasteiger partial charge in [-0.2, -0.15) is 0 Å². The minimum Gasteiger partial charge on any atom is -0.507 e. The molecule has 4 nitrogen and oxygen atoms in total. The molecule has 19 heavy (non-hydrogen) atoms. The number of nitrogens with zero attached hydrogens (tertiary/aromatic N) is 3. The summed E-state index contributed by atoms with van der Waals surface area (Å²) in [6.07, 6.45) is 1.67. The second-order valence-electron chi connectivity index (χ2n) is 4.16. The molecule has 96 valence electrons. The topological polar surface area (TPSA) is 50.9 Å². The summed E-state index contributed by atoms with van der Waals surface area (Å²) in [4.78, 5) is 8.63. The van der Waals surface area contributed by atoms with Gasteiger partial charge in [-0.05, 0) is 31.2 Å². The van der Waals surface area contributed by atoms with E-state index < -0.39 is 5.82 Å². The quantitative estimate of drug-likeness (QED) is 0.767. The first kappa shape index (κ1) is 11.6. The van der Waals surface area contributed by atoms with Crippen molar-refractivity contribution in [1.29, 1.82) is 0 Å². The molecule has 1 N–H and O–H groups in total. The van der Waals surface area contributed by atoms with E-state index in [1.807, 2.05) is 13.0 Å². The average Bonchev–Trinajstić information content (AvgIpc) is 2.76. The third-order valence-corrected chi connectivity index (χ3v) is 3.04. The van der Waals surface area contributed by atoms with Gasteiger partial charge in [0.1, 0.15) is 22.9 Å². The predicted molar refractivity (Wildman–Crippen MR) is 70.3 cm³/mol. The lowest BCUT2D eigenvalue weighted by Crippen LogP contribution is -2.00. The summed E-state index contributed by atoms with van der Waals surface area (Å²) in [7, 11) is 0. The fourth-order valence-corrected chi connectivity index (χ4v) is 2.18. The lowest BCUT2D eigenvalue weighted by atomic mass is 10.1. The molecule has 3 rings (SSSR count). The molecule has 0 radical (unpaired) electrons. The Morgan fingerprint density at radius 1 is 1.26 bits per heavy atom. The van der Waals surface area contributed by atoms with Crippen molar-refractivity contribution in [3.8, 4) is 17.1 Å². The smallest absolute Gasteiger partial charge is 0.160 e. The van der Waals surface area contributed by atoms with Crippen molar-refractivity contribution in [2.45, 2.75) is 13.5 Å². The van der Waals surface area contributed by atoms with Crippen molar-refractivity contribution in [3.63, 3.8) is 0 Å². The van der Waals surface area contributed by atoms with E-state index in [1.54, 1.807) is 16.8 Å². The van der Waals surface area contributed by atoms with Crippen LogP contribution in [0.15, 0.2) is 36.5 Å². The molecule has 1 aromatic carbocycles. The van der Waals surface area contributed by atoms with E-state index in [1.165, 1.54) is 18.2 Å². The van der Waals surface area contributed by atoms with Crippen molar-refractivity contribution in [2.24, 2.45) is 0 Å². The van der Waals surface area contributed by atoms with Crippen LogP contribution < -0.4 is 0 Å². The van der Waals surface area contributed by atoms with Crippen molar-refractivity contribution in [1.82, 2.24) is 14.5 Å². The zero-order valence-electron chi connectivity index (χ0n) is 10.3. The Bertz CT molecular complexity index is 731. The van der Waals surface area contributed by atoms with Gasteiger partial charge < -0.3 is 9.67 Å². The summed E-state index contributed by atoms with van der Waals surface area (Å²) < 4.78 is 15.7. The van der Waals surface area contributed by atoms with E-state index >= 15 is 0 Å². The summed E-state index contributed by atoms with van der Waals surface area (Å²) in [5, 5.41) is 9.88. The Kier molecular flexibility index (Phi) is 2.67. The molecular formula is C14H12FN3O. The Labute approximate surface area is 109 Å². The van der Waals surface area contributed by atoms with Gasteiger partial charge in [0.15, 0.2) is 5.65 Å². The van der Waals surface area contributed by atoms with E-state index in [2.05, 4.69) is 9.97 Å². The van der Waals surface area contributed by atoms with E-state index in [4.69, 9.17) is 0 Å². The number of pyridine rings is 1. The molecule has 0 fully saturated rings. The molecule has 2 heterocycles. The summed E-state index contributed by atoms with van der Waals surface area (Å²) in [5.74, 6) is -0.221. The van der Waals surface area contributed by atoms with Crippen LogP contribution >= 0.6 is 0 Å². The highest BCUT2D eigenvalue weighted by atomic mass is 19.1. The minimum atomic E-state index is -0.495. The molecule has 0 saturated heterocycles. The second-order valence-corrected chi connectivity index (χ2v) is 4.16. The Hall–Kier alpha value is -2.43. The van der Waals surface area contributed by atoms with Gasteiger partial charge in [-0.3, -0.25) is 0 Å².